The third-order valence-corrected chi connectivity index (χ3v) is 4.43. The highest BCUT2D eigenvalue weighted by molar-refractivity contribution is 7.89. The van der Waals surface area contributed by atoms with Gasteiger partial charge in [0.1, 0.15) is 5.82 Å². The largest absolute Gasteiger partial charge is 0.241 e. The molecule has 0 saturated carbocycles. The predicted octanol–water partition coefficient (Wildman–Crippen LogP) is 2.60. The topological polar surface area (TPSA) is 46.2 Å². The Morgan fingerprint density at radius 3 is 2.41 bits per heavy atom. The molecule has 0 aliphatic heterocycles. The second kappa shape index (κ2) is 4.74. The number of benzene rings is 1. The van der Waals surface area contributed by atoms with Gasteiger partial charge in [-0.1, -0.05) is 6.92 Å². The molecular weight excluding hydrogens is 241 g/mol. The Morgan fingerprint density at radius 2 is 1.94 bits per heavy atom. The van der Waals surface area contributed by atoms with Gasteiger partial charge in [0.15, 0.2) is 0 Å². The molecule has 0 aliphatic carbocycles. The lowest BCUT2D eigenvalue weighted by Crippen LogP contribution is -2.42. The summed E-state index contributed by atoms with van der Waals surface area (Å²) in [6.07, 6.45) is 0.673. The molecule has 0 aromatic heterocycles. The van der Waals surface area contributed by atoms with Crippen LogP contribution in [0.3, 0.4) is 0 Å². The Balaban J connectivity index is 3.10. The molecule has 0 spiro atoms. The smallest absolute Gasteiger partial charge is 0.207 e. The summed E-state index contributed by atoms with van der Waals surface area (Å²) in [5, 5.41) is 0. The van der Waals surface area contributed by atoms with Crippen LogP contribution in [0.25, 0.3) is 0 Å². The van der Waals surface area contributed by atoms with Gasteiger partial charge in [-0.25, -0.2) is 17.5 Å². The van der Waals surface area contributed by atoms with E-state index in [2.05, 4.69) is 4.72 Å². The van der Waals surface area contributed by atoms with Crippen molar-refractivity contribution in [3.63, 3.8) is 0 Å². The van der Waals surface area contributed by atoms with Crippen LogP contribution in [-0.4, -0.2) is 14.0 Å². The van der Waals surface area contributed by atoms with Crippen LogP contribution in [0.4, 0.5) is 4.39 Å². The number of rotatable bonds is 4. The first-order chi connectivity index (χ1) is 7.68. The normalized spacial score (nSPS) is 12.8. The minimum atomic E-state index is -3.59. The minimum absolute atomic E-state index is 0.0953. The second-order valence-corrected chi connectivity index (χ2v) is 6.44. The maximum atomic E-state index is 13.1. The van der Waals surface area contributed by atoms with E-state index in [0.29, 0.717) is 12.0 Å². The Morgan fingerprint density at radius 1 is 1.35 bits per heavy atom. The number of sulfonamides is 1. The van der Waals surface area contributed by atoms with Gasteiger partial charge in [-0.3, -0.25) is 0 Å². The lowest BCUT2D eigenvalue weighted by atomic mass is 10.0. The van der Waals surface area contributed by atoms with E-state index in [9.17, 15) is 12.8 Å². The van der Waals surface area contributed by atoms with Crippen molar-refractivity contribution in [2.75, 3.05) is 0 Å². The van der Waals surface area contributed by atoms with Crippen molar-refractivity contribution in [1.82, 2.24) is 4.72 Å². The van der Waals surface area contributed by atoms with E-state index in [1.165, 1.54) is 18.2 Å². The average Bonchev–Trinajstić information content (AvgIpc) is 2.20. The lowest BCUT2D eigenvalue weighted by molar-refractivity contribution is 0.439. The van der Waals surface area contributed by atoms with Gasteiger partial charge in [-0.15, -0.1) is 0 Å². The molecule has 1 N–H and O–H groups in total. The quantitative estimate of drug-likeness (QED) is 0.903. The maximum absolute atomic E-state index is 13.1. The molecule has 1 rings (SSSR count). The summed E-state index contributed by atoms with van der Waals surface area (Å²) < 4.78 is 39.7. The van der Waals surface area contributed by atoms with Gasteiger partial charge in [-0.2, -0.15) is 0 Å². The molecule has 0 bridgehead atoms. The van der Waals surface area contributed by atoms with Gasteiger partial charge in [0, 0.05) is 5.54 Å². The Bertz CT molecular complexity index is 509. The molecule has 1 aromatic rings. The molecule has 0 amide bonds. The maximum Gasteiger partial charge on any atom is 0.241 e. The number of hydrogen-bond acceptors (Lipinski definition) is 2. The van der Waals surface area contributed by atoms with Crippen LogP contribution >= 0.6 is 0 Å². The number of hydrogen-bond donors (Lipinski definition) is 1. The molecule has 0 fully saturated rings. The summed E-state index contributed by atoms with van der Waals surface area (Å²) >= 11 is 0. The highest BCUT2D eigenvalue weighted by Crippen LogP contribution is 2.17. The van der Waals surface area contributed by atoms with Crippen LogP contribution in [-0.2, 0) is 10.0 Å². The monoisotopic (exact) mass is 259 g/mol. The molecule has 0 atom stereocenters. The molecule has 0 unspecified atom stereocenters. The first kappa shape index (κ1) is 14.1. The van der Waals surface area contributed by atoms with Crippen LogP contribution in [0.1, 0.15) is 32.8 Å². The number of halogens is 1. The van der Waals surface area contributed by atoms with Crippen LogP contribution in [0.2, 0.25) is 0 Å². The zero-order chi connectivity index (χ0) is 13.3. The standard InChI is InChI=1S/C12H18FNO2S/c1-5-12(3,4)14-17(15,16)10-6-7-11(13)9(2)8-10/h6-8,14H,5H2,1-4H3. The van der Waals surface area contributed by atoms with E-state index < -0.39 is 21.4 Å². The van der Waals surface area contributed by atoms with E-state index in [4.69, 9.17) is 0 Å². The van der Waals surface area contributed by atoms with Crippen molar-refractivity contribution in [3.8, 4) is 0 Å². The summed E-state index contributed by atoms with van der Waals surface area (Å²) in [5.74, 6) is -0.404. The molecule has 0 heterocycles. The minimum Gasteiger partial charge on any atom is -0.207 e. The third-order valence-electron chi connectivity index (χ3n) is 2.73. The third kappa shape index (κ3) is 3.51. The first-order valence-corrected chi connectivity index (χ1v) is 6.96. The van der Waals surface area contributed by atoms with E-state index in [1.54, 1.807) is 20.8 Å². The van der Waals surface area contributed by atoms with Crippen LogP contribution in [0, 0.1) is 12.7 Å². The van der Waals surface area contributed by atoms with Crippen molar-refractivity contribution < 1.29 is 12.8 Å². The molecule has 17 heavy (non-hydrogen) atoms. The van der Waals surface area contributed by atoms with Gasteiger partial charge in [0.05, 0.1) is 4.90 Å². The van der Waals surface area contributed by atoms with E-state index in [1.807, 2.05) is 6.92 Å². The van der Waals surface area contributed by atoms with E-state index in [-0.39, 0.29) is 4.90 Å². The first-order valence-electron chi connectivity index (χ1n) is 5.48. The summed E-state index contributed by atoms with van der Waals surface area (Å²) in [5.41, 5.74) is -0.191. The van der Waals surface area contributed by atoms with Crippen LogP contribution in [0.15, 0.2) is 23.1 Å². The Hall–Kier alpha value is -0.940. The highest BCUT2D eigenvalue weighted by atomic mass is 32.2. The molecule has 0 radical (unpaired) electrons. The van der Waals surface area contributed by atoms with Gasteiger partial charge in [0.25, 0.3) is 0 Å². The predicted molar refractivity (Wildman–Crippen MR) is 65.8 cm³/mol. The summed E-state index contributed by atoms with van der Waals surface area (Å²) in [6, 6.07) is 3.78. The van der Waals surface area contributed by atoms with Crippen molar-refractivity contribution in [3.05, 3.63) is 29.6 Å². The van der Waals surface area contributed by atoms with Gasteiger partial charge < -0.3 is 0 Å². The average molecular weight is 259 g/mol. The summed E-state index contributed by atoms with van der Waals surface area (Å²) in [7, 11) is -3.59. The molecule has 5 heteroatoms. The molecule has 3 nitrogen and oxygen atoms in total. The Kier molecular flexibility index (Phi) is 3.94. The van der Waals surface area contributed by atoms with Gasteiger partial charge in [0.2, 0.25) is 10.0 Å². The van der Waals surface area contributed by atoms with Crippen LogP contribution in [0.5, 0.6) is 0 Å². The summed E-state index contributed by atoms with van der Waals surface area (Å²) in [4.78, 5) is 0.0953. The van der Waals surface area contributed by atoms with E-state index in [0.717, 1.165) is 0 Å². The number of nitrogens with one attached hydrogen (secondary N) is 1. The molecule has 96 valence electrons. The van der Waals surface area contributed by atoms with Gasteiger partial charge >= 0.3 is 0 Å². The Labute approximate surface area is 102 Å². The zero-order valence-electron chi connectivity index (χ0n) is 10.5. The van der Waals surface area contributed by atoms with Crippen molar-refractivity contribution in [2.24, 2.45) is 0 Å². The molecule has 1 aromatic carbocycles. The fourth-order valence-electron chi connectivity index (χ4n) is 1.28. The SMILES string of the molecule is CCC(C)(C)NS(=O)(=O)c1ccc(F)c(C)c1. The second-order valence-electron chi connectivity index (χ2n) is 4.75. The fraction of sp³-hybridized carbons (Fsp3) is 0.500. The molecular formula is C12H18FNO2S. The lowest BCUT2D eigenvalue weighted by Gasteiger charge is -2.24. The number of aryl methyl sites for hydroxylation is 1. The van der Waals surface area contributed by atoms with Crippen molar-refractivity contribution >= 4 is 10.0 Å². The van der Waals surface area contributed by atoms with Crippen molar-refractivity contribution in [1.29, 1.82) is 0 Å². The zero-order valence-corrected chi connectivity index (χ0v) is 11.4. The van der Waals surface area contributed by atoms with E-state index >= 15 is 0 Å². The van der Waals surface area contributed by atoms with Crippen molar-refractivity contribution in [2.45, 2.75) is 44.6 Å². The summed E-state index contributed by atoms with van der Waals surface area (Å²) in [6.45, 7) is 7.06. The molecule has 0 aliphatic rings. The van der Waals surface area contributed by atoms with Crippen LogP contribution < -0.4 is 4.72 Å². The van der Waals surface area contributed by atoms with Gasteiger partial charge in [-0.05, 0) is 51.0 Å². The fourth-order valence-corrected chi connectivity index (χ4v) is 2.85. The molecule has 0 saturated heterocycles. The highest BCUT2D eigenvalue weighted by Gasteiger charge is 2.24.